The molecule has 2 N–H and O–H groups in total. The molecule has 0 aliphatic rings. The lowest BCUT2D eigenvalue weighted by Crippen LogP contribution is -2.24. The molecule has 0 atom stereocenters. The molecule has 0 heterocycles. The molecule has 0 aliphatic carbocycles. The van der Waals surface area contributed by atoms with Gasteiger partial charge in [0.15, 0.2) is 0 Å². The van der Waals surface area contributed by atoms with Crippen molar-refractivity contribution in [3.8, 4) is 0 Å². The average Bonchev–Trinajstić information content (AvgIpc) is 2.44. The molecule has 0 bridgehead atoms. The minimum Gasteiger partial charge on any atom is -0.306 e. The van der Waals surface area contributed by atoms with Crippen LogP contribution in [0.1, 0.15) is 16.7 Å². The van der Waals surface area contributed by atoms with Crippen LogP contribution in [0.3, 0.4) is 0 Å². The second-order valence-electron chi connectivity index (χ2n) is 4.55. The second-order valence-corrected chi connectivity index (χ2v) is 4.55. The van der Waals surface area contributed by atoms with Crippen molar-refractivity contribution in [2.24, 2.45) is 5.10 Å². The van der Waals surface area contributed by atoms with Crippen molar-refractivity contribution in [2.75, 3.05) is 5.32 Å². The van der Waals surface area contributed by atoms with E-state index in [1.54, 1.807) is 6.21 Å². The van der Waals surface area contributed by atoms with E-state index >= 15 is 0 Å². The van der Waals surface area contributed by atoms with Gasteiger partial charge in [0.2, 0.25) is 0 Å². The zero-order valence-electron chi connectivity index (χ0n) is 11.6. The Morgan fingerprint density at radius 3 is 2.45 bits per heavy atom. The lowest BCUT2D eigenvalue weighted by atomic mass is 10.2. The summed E-state index contributed by atoms with van der Waals surface area (Å²) in [7, 11) is 0. The van der Waals surface area contributed by atoms with Crippen LogP contribution < -0.4 is 10.7 Å². The van der Waals surface area contributed by atoms with E-state index in [0.29, 0.717) is 0 Å². The highest BCUT2D eigenvalue weighted by atomic mass is 16.2. The van der Waals surface area contributed by atoms with Gasteiger partial charge in [-0.2, -0.15) is 5.10 Å². The standard InChI is InChI=1S/C16H17N3O/c1-12-7-9-14(10-8-12)11-17-19-16(20)18-15-6-4-3-5-13(15)2/h3-11H,1-2H3,(H2,18,19,20)/b17-11+. The number of nitrogens with zero attached hydrogens (tertiary/aromatic N) is 1. The molecule has 4 heteroatoms. The summed E-state index contributed by atoms with van der Waals surface area (Å²) in [6.45, 7) is 3.96. The van der Waals surface area contributed by atoms with Gasteiger partial charge < -0.3 is 5.32 Å². The second kappa shape index (κ2) is 6.52. The fourth-order valence-electron chi connectivity index (χ4n) is 1.68. The van der Waals surface area contributed by atoms with E-state index in [2.05, 4.69) is 15.8 Å². The van der Waals surface area contributed by atoms with Gasteiger partial charge in [-0.15, -0.1) is 0 Å². The van der Waals surface area contributed by atoms with Gasteiger partial charge in [0.1, 0.15) is 0 Å². The predicted molar refractivity (Wildman–Crippen MR) is 82.1 cm³/mol. The number of rotatable bonds is 3. The van der Waals surface area contributed by atoms with Gasteiger partial charge in [-0.1, -0.05) is 48.0 Å². The van der Waals surface area contributed by atoms with Gasteiger partial charge in [-0.3, -0.25) is 0 Å². The fourth-order valence-corrected chi connectivity index (χ4v) is 1.68. The predicted octanol–water partition coefficient (Wildman–Crippen LogP) is 3.46. The van der Waals surface area contributed by atoms with Crippen molar-refractivity contribution >= 4 is 17.9 Å². The van der Waals surface area contributed by atoms with Crippen molar-refractivity contribution in [1.82, 2.24) is 5.43 Å². The van der Waals surface area contributed by atoms with Crippen LogP contribution >= 0.6 is 0 Å². The van der Waals surface area contributed by atoms with E-state index in [-0.39, 0.29) is 6.03 Å². The summed E-state index contributed by atoms with van der Waals surface area (Å²) in [5.74, 6) is 0. The van der Waals surface area contributed by atoms with E-state index in [1.165, 1.54) is 5.56 Å². The topological polar surface area (TPSA) is 53.5 Å². The van der Waals surface area contributed by atoms with Crippen molar-refractivity contribution in [3.63, 3.8) is 0 Å². The number of amides is 2. The monoisotopic (exact) mass is 267 g/mol. The molecule has 2 aromatic carbocycles. The number of benzene rings is 2. The molecule has 0 saturated carbocycles. The Labute approximate surface area is 118 Å². The molecule has 0 radical (unpaired) electrons. The Hall–Kier alpha value is -2.62. The molecule has 2 aromatic rings. The number of carbonyl (C=O) groups is 1. The normalized spacial score (nSPS) is 10.5. The molecule has 102 valence electrons. The largest absolute Gasteiger partial charge is 0.339 e. The number of urea groups is 1. The van der Waals surface area contributed by atoms with Crippen LogP contribution in [0.15, 0.2) is 53.6 Å². The maximum Gasteiger partial charge on any atom is 0.339 e. The first kappa shape index (κ1) is 13.8. The number of aryl methyl sites for hydroxylation is 2. The highest BCUT2D eigenvalue weighted by Gasteiger charge is 2.01. The molecule has 0 spiro atoms. The maximum absolute atomic E-state index is 11.7. The molecule has 0 aromatic heterocycles. The summed E-state index contributed by atoms with van der Waals surface area (Å²) in [5, 5.41) is 6.65. The summed E-state index contributed by atoms with van der Waals surface area (Å²) < 4.78 is 0. The Morgan fingerprint density at radius 2 is 1.75 bits per heavy atom. The molecule has 0 aliphatic heterocycles. The van der Waals surface area contributed by atoms with Crippen molar-refractivity contribution < 1.29 is 4.79 Å². The minimum absolute atomic E-state index is 0.359. The minimum atomic E-state index is -0.359. The van der Waals surface area contributed by atoms with Crippen LogP contribution in [0.5, 0.6) is 0 Å². The van der Waals surface area contributed by atoms with Crippen molar-refractivity contribution in [3.05, 3.63) is 65.2 Å². The molecule has 20 heavy (non-hydrogen) atoms. The van der Waals surface area contributed by atoms with Crippen LogP contribution in [0, 0.1) is 13.8 Å². The first-order valence-corrected chi connectivity index (χ1v) is 6.37. The van der Waals surface area contributed by atoms with Crippen LogP contribution in [0.25, 0.3) is 0 Å². The van der Waals surface area contributed by atoms with Gasteiger partial charge in [0, 0.05) is 5.69 Å². The summed E-state index contributed by atoms with van der Waals surface area (Å²) in [6, 6.07) is 15.1. The number of hydrogen-bond acceptors (Lipinski definition) is 2. The first-order chi connectivity index (χ1) is 9.65. The number of nitrogens with one attached hydrogen (secondary N) is 2. The van der Waals surface area contributed by atoms with Gasteiger partial charge in [0.25, 0.3) is 0 Å². The molecule has 0 fully saturated rings. The Kier molecular flexibility index (Phi) is 4.50. The third-order valence-electron chi connectivity index (χ3n) is 2.85. The van der Waals surface area contributed by atoms with Gasteiger partial charge >= 0.3 is 6.03 Å². The number of carbonyl (C=O) groups excluding carboxylic acids is 1. The third-order valence-corrected chi connectivity index (χ3v) is 2.85. The van der Waals surface area contributed by atoms with E-state index in [0.717, 1.165) is 16.8 Å². The quantitative estimate of drug-likeness (QED) is 0.649. The van der Waals surface area contributed by atoms with Gasteiger partial charge in [-0.05, 0) is 31.0 Å². The van der Waals surface area contributed by atoms with Crippen LogP contribution in [-0.4, -0.2) is 12.2 Å². The van der Waals surface area contributed by atoms with E-state index < -0.39 is 0 Å². The lowest BCUT2D eigenvalue weighted by molar-refractivity contribution is 0.252. The van der Waals surface area contributed by atoms with E-state index in [4.69, 9.17) is 0 Å². The van der Waals surface area contributed by atoms with E-state index in [9.17, 15) is 4.79 Å². The zero-order valence-corrected chi connectivity index (χ0v) is 11.6. The van der Waals surface area contributed by atoms with Gasteiger partial charge in [0.05, 0.1) is 6.21 Å². The number of anilines is 1. The van der Waals surface area contributed by atoms with Crippen LogP contribution in [-0.2, 0) is 0 Å². The van der Waals surface area contributed by atoms with Crippen molar-refractivity contribution in [2.45, 2.75) is 13.8 Å². The van der Waals surface area contributed by atoms with Crippen LogP contribution in [0.2, 0.25) is 0 Å². The number of para-hydroxylation sites is 1. The zero-order chi connectivity index (χ0) is 14.4. The smallest absolute Gasteiger partial charge is 0.306 e. The third kappa shape index (κ3) is 3.95. The highest BCUT2D eigenvalue weighted by molar-refractivity contribution is 5.91. The molecule has 4 nitrogen and oxygen atoms in total. The Bertz CT molecular complexity index is 618. The average molecular weight is 267 g/mol. The summed E-state index contributed by atoms with van der Waals surface area (Å²) >= 11 is 0. The summed E-state index contributed by atoms with van der Waals surface area (Å²) in [6.07, 6.45) is 1.61. The highest BCUT2D eigenvalue weighted by Crippen LogP contribution is 2.12. The van der Waals surface area contributed by atoms with Crippen molar-refractivity contribution in [1.29, 1.82) is 0 Å². The molecule has 0 unspecified atom stereocenters. The van der Waals surface area contributed by atoms with Gasteiger partial charge in [-0.25, -0.2) is 10.2 Å². The first-order valence-electron chi connectivity index (χ1n) is 6.37. The van der Waals surface area contributed by atoms with Crippen LogP contribution in [0.4, 0.5) is 10.5 Å². The SMILES string of the molecule is Cc1ccc(/C=N/NC(=O)Nc2ccccc2C)cc1. The molecule has 2 amide bonds. The maximum atomic E-state index is 11.7. The van der Waals surface area contributed by atoms with E-state index in [1.807, 2.05) is 62.4 Å². The molecule has 2 rings (SSSR count). The molecule has 0 saturated heterocycles. The molecular weight excluding hydrogens is 250 g/mol. The fraction of sp³-hybridized carbons (Fsp3) is 0.125. The molecular formula is C16H17N3O. The number of hydrazone groups is 1. The summed E-state index contributed by atoms with van der Waals surface area (Å²) in [4.78, 5) is 11.7. The lowest BCUT2D eigenvalue weighted by Gasteiger charge is -2.06. The summed E-state index contributed by atoms with van der Waals surface area (Å²) in [5.41, 5.74) is 6.34. The Balaban J connectivity index is 1.89. The Morgan fingerprint density at radius 1 is 1.05 bits per heavy atom. The number of hydrogen-bond donors (Lipinski definition) is 2.